The summed E-state index contributed by atoms with van der Waals surface area (Å²) in [5.74, 6) is -0.265. The second-order valence-corrected chi connectivity index (χ2v) is 7.11. The molecule has 0 aliphatic carbocycles. The lowest BCUT2D eigenvalue weighted by molar-refractivity contribution is 0.0909. The fourth-order valence-corrected chi connectivity index (χ4v) is 3.46. The summed E-state index contributed by atoms with van der Waals surface area (Å²) in [7, 11) is 0. The lowest BCUT2D eigenvalue weighted by atomic mass is 10.1. The van der Waals surface area contributed by atoms with Crippen molar-refractivity contribution in [1.29, 1.82) is 0 Å². The van der Waals surface area contributed by atoms with Crippen LogP contribution in [0.3, 0.4) is 0 Å². The molecular weight excluding hydrogens is 397 g/mol. The summed E-state index contributed by atoms with van der Waals surface area (Å²) < 4.78 is 21.4. The topological polar surface area (TPSA) is 75.9 Å². The van der Waals surface area contributed by atoms with Crippen LogP contribution in [0.5, 0.6) is 5.75 Å². The highest BCUT2D eigenvalue weighted by Crippen LogP contribution is 2.24. The Morgan fingerprint density at radius 2 is 1.87 bits per heavy atom. The molecule has 7 heteroatoms. The van der Waals surface area contributed by atoms with Crippen molar-refractivity contribution in [2.24, 2.45) is 0 Å². The van der Waals surface area contributed by atoms with Gasteiger partial charge < -0.3 is 15.2 Å². The van der Waals surface area contributed by atoms with Gasteiger partial charge in [-0.3, -0.25) is 9.20 Å². The molecular formula is C24H22FN3O3. The number of benzene rings is 2. The van der Waals surface area contributed by atoms with Gasteiger partial charge in [0.25, 0.3) is 5.91 Å². The first-order valence-electron chi connectivity index (χ1n) is 9.89. The third kappa shape index (κ3) is 4.27. The van der Waals surface area contributed by atoms with E-state index in [1.165, 1.54) is 6.07 Å². The highest BCUT2D eigenvalue weighted by Gasteiger charge is 2.22. The molecule has 4 rings (SSSR count). The number of aliphatic hydroxyl groups excluding tert-OH is 1. The summed E-state index contributed by atoms with van der Waals surface area (Å²) in [6, 6.07) is 18.6. The number of pyridine rings is 1. The molecule has 2 heterocycles. The molecule has 6 nitrogen and oxygen atoms in total. The molecule has 0 saturated carbocycles. The largest absolute Gasteiger partial charge is 0.485 e. The highest BCUT2D eigenvalue weighted by molar-refractivity contribution is 5.95. The molecule has 0 spiro atoms. The minimum atomic E-state index is -0.542. The van der Waals surface area contributed by atoms with Gasteiger partial charge in [-0.2, -0.15) is 0 Å². The van der Waals surface area contributed by atoms with Gasteiger partial charge >= 0.3 is 0 Å². The Hall–Kier alpha value is -3.71. The van der Waals surface area contributed by atoms with Crippen molar-refractivity contribution < 1.29 is 19.0 Å². The quantitative estimate of drug-likeness (QED) is 0.478. The molecule has 2 aromatic carbocycles. The van der Waals surface area contributed by atoms with E-state index < -0.39 is 6.04 Å². The summed E-state index contributed by atoms with van der Waals surface area (Å²) in [5.41, 5.74) is 2.56. The van der Waals surface area contributed by atoms with Crippen LogP contribution in [0.1, 0.15) is 33.4 Å². The van der Waals surface area contributed by atoms with E-state index in [0.29, 0.717) is 28.3 Å². The Bertz CT molecular complexity index is 1210. The second-order valence-electron chi connectivity index (χ2n) is 7.11. The molecule has 0 aliphatic rings. The Morgan fingerprint density at radius 1 is 1.13 bits per heavy atom. The first-order chi connectivity index (χ1) is 15.1. The monoisotopic (exact) mass is 419 g/mol. The van der Waals surface area contributed by atoms with Crippen molar-refractivity contribution in [2.75, 3.05) is 6.61 Å². The van der Waals surface area contributed by atoms with E-state index in [2.05, 4.69) is 10.3 Å². The van der Waals surface area contributed by atoms with Gasteiger partial charge in [-0.1, -0.05) is 48.5 Å². The zero-order valence-electron chi connectivity index (χ0n) is 17.0. The van der Waals surface area contributed by atoms with E-state index >= 15 is 0 Å². The van der Waals surface area contributed by atoms with Crippen LogP contribution < -0.4 is 10.1 Å². The molecule has 4 aromatic rings. The minimum Gasteiger partial charge on any atom is -0.485 e. The van der Waals surface area contributed by atoms with Gasteiger partial charge in [-0.25, -0.2) is 9.37 Å². The zero-order valence-corrected chi connectivity index (χ0v) is 17.0. The number of aromatic nitrogens is 2. The molecule has 31 heavy (non-hydrogen) atoms. The fraction of sp³-hybridized carbons (Fsp3) is 0.167. The number of carbonyl (C=O) groups is 1. The number of aryl methyl sites for hydroxylation is 1. The van der Waals surface area contributed by atoms with Crippen molar-refractivity contribution in [3.05, 3.63) is 101 Å². The smallest absolute Gasteiger partial charge is 0.270 e. The number of rotatable bonds is 7. The van der Waals surface area contributed by atoms with Gasteiger partial charge in [0.15, 0.2) is 11.4 Å². The number of imidazole rings is 1. The number of amides is 1. The number of carbonyl (C=O) groups excluding carboxylic acids is 1. The Kier molecular flexibility index (Phi) is 5.95. The van der Waals surface area contributed by atoms with Gasteiger partial charge in [0.1, 0.15) is 18.1 Å². The molecule has 0 aliphatic heterocycles. The number of hydrogen-bond donors (Lipinski definition) is 2. The first kappa shape index (κ1) is 20.6. The third-order valence-corrected chi connectivity index (χ3v) is 5.03. The average molecular weight is 419 g/mol. The predicted molar refractivity (Wildman–Crippen MR) is 114 cm³/mol. The maximum Gasteiger partial charge on any atom is 0.270 e. The Morgan fingerprint density at radius 3 is 2.61 bits per heavy atom. The maximum atomic E-state index is 13.9. The van der Waals surface area contributed by atoms with Crippen LogP contribution in [0.4, 0.5) is 4.39 Å². The van der Waals surface area contributed by atoms with Crippen molar-refractivity contribution in [3.8, 4) is 5.75 Å². The lowest BCUT2D eigenvalue weighted by Crippen LogP contribution is -2.32. The summed E-state index contributed by atoms with van der Waals surface area (Å²) >= 11 is 0. The summed E-state index contributed by atoms with van der Waals surface area (Å²) in [6.07, 6.45) is 1.72. The number of hydrogen-bond acceptors (Lipinski definition) is 4. The van der Waals surface area contributed by atoms with E-state index in [-0.39, 0.29) is 24.9 Å². The Labute approximate surface area is 178 Å². The number of aliphatic hydroxyl groups is 1. The summed E-state index contributed by atoms with van der Waals surface area (Å²) in [4.78, 5) is 17.5. The van der Waals surface area contributed by atoms with Crippen molar-refractivity contribution >= 4 is 11.6 Å². The first-order valence-corrected chi connectivity index (χ1v) is 9.89. The van der Waals surface area contributed by atoms with Crippen molar-refractivity contribution in [2.45, 2.75) is 19.6 Å². The molecule has 2 aromatic heterocycles. The molecule has 2 N–H and O–H groups in total. The van der Waals surface area contributed by atoms with E-state index in [9.17, 15) is 14.3 Å². The van der Waals surface area contributed by atoms with Crippen LogP contribution in [0.15, 0.2) is 72.9 Å². The zero-order chi connectivity index (χ0) is 21.8. The number of ether oxygens (including phenoxy) is 1. The van der Waals surface area contributed by atoms with Gasteiger partial charge in [0, 0.05) is 11.8 Å². The molecule has 0 radical (unpaired) electrons. The van der Waals surface area contributed by atoms with Gasteiger partial charge in [-0.05, 0) is 30.7 Å². The summed E-state index contributed by atoms with van der Waals surface area (Å²) in [6.45, 7) is 1.54. The lowest BCUT2D eigenvalue weighted by Gasteiger charge is -2.17. The van der Waals surface area contributed by atoms with E-state index in [1.807, 2.05) is 30.3 Å². The fourth-order valence-electron chi connectivity index (χ4n) is 3.46. The Balaban J connectivity index is 1.60. The SMILES string of the molecule is Cc1nc2c(OCc3ccccc3F)cccn2c1C(=O)NC(CO)c1ccccc1. The second kappa shape index (κ2) is 8.97. The standard InChI is InChI=1S/C24H22FN3O3/c1-16-22(24(30)27-20(14-29)17-8-3-2-4-9-17)28-13-7-12-21(23(28)26-16)31-15-18-10-5-6-11-19(18)25/h2-13,20,29H,14-15H2,1H3,(H,27,30). The van der Waals surface area contributed by atoms with Crippen LogP contribution in [0.25, 0.3) is 5.65 Å². The molecule has 1 atom stereocenters. The highest BCUT2D eigenvalue weighted by atomic mass is 19.1. The average Bonchev–Trinajstić information content (AvgIpc) is 3.14. The van der Waals surface area contributed by atoms with Crippen LogP contribution in [0, 0.1) is 12.7 Å². The van der Waals surface area contributed by atoms with E-state index in [4.69, 9.17) is 4.74 Å². The van der Waals surface area contributed by atoms with Crippen LogP contribution in [0.2, 0.25) is 0 Å². The van der Waals surface area contributed by atoms with E-state index in [0.717, 1.165) is 5.56 Å². The van der Waals surface area contributed by atoms with Gasteiger partial charge in [-0.15, -0.1) is 0 Å². The molecule has 1 amide bonds. The third-order valence-electron chi connectivity index (χ3n) is 5.03. The minimum absolute atomic E-state index is 0.0420. The number of halogens is 1. The number of fused-ring (bicyclic) bond motifs is 1. The molecule has 0 bridgehead atoms. The van der Waals surface area contributed by atoms with Gasteiger partial charge in [0.05, 0.1) is 18.3 Å². The molecule has 1 unspecified atom stereocenters. The van der Waals surface area contributed by atoms with E-state index in [1.54, 1.807) is 47.9 Å². The normalized spacial score (nSPS) is 12.0. The molecule has 0 saturated heterocycles. The number of nitrogens with zero attached hydrogens (tertiary/aromatic N) is 2. The van der Waals surface area contributed by atoms with Crippen LogP contribution >= 0.6 is 0 Å². The molecule has 0 fully saturated rings. The number of nitrogens with one attached hydrogen (secondary N) is 1. The summed E-state index contributed by atoms with van der Waals surface area (Å²) in [5, 5.41) is 12.6. The maximum absolute atomic E-state index is 13.9. The van der Waals surface area contributed by atoms with Crippen LogP contribution in [-0.4, -0.2) is 27.0 Å². The molecule has 158 valence electrons. The van der Waals surface area contributed by atoms with Gasteiger partial charge in [0.2, 0.25) is 0 Å². The van der Waals surface area contributed by atoms with Crippen LogP contribution in [-0.2, 0) is 6.61 Å². The predicted octanol–water partition coefficient (Wildman–Crippen LogP) is 3.82. The van der Waals surface area contributed by atoms with Crippen molar-refractivity contribution in [1.82, 2.24) is 14.7 Å². The van der Waals surface area contributed by atoms with Crippen molar-refractivity contribution in [3.63, 3.8) is 0 Å².